The van der Waals surface area contributed by atoms with E-state index in [0.29, 0.717) is 13.2 Å². The lowest BCUT2D eigenvalue weighted by Gasteiger charge is -1.98. The van der Waals surface area contributed by atoms with Crippen molar-refractivity contribution in [1.82, 2.24) is 0 Å². The lowest BCUT2D eigenvalue weighted by Crippen LogP contribution is -2.12. The van der Waals surface area contributed by atoms with Gasteiger partial charge in [-0.1, -0.05) is 0 Å². The van der Waals surface area contributed by atoms with Crippen molar-refractivity contribution >= 4 is 5.90 Å². The van der Waals surface area contributed by atoms with Crippen LogP contribution in [0, 0.1) is 0 Å². The van der Waals surface area contributed by atoms with Crippen molar-refractivity contribution in [2.45, 2.75) is 6.30 Å². The lowest BCUT2D eigenvalue weighted by molar-refractivity contribution is 0.294. The first kappa shape index (κ1) is 6.82. The van der Waals surface area contributed by atoms with Crippen LogP contribution in [-0.4, -0.2) is 25.3 Å². The van der Waals surface area contributed by atoms with Crippen molar-refractivity contribution in [2.24, 2.45) is 10.1 Å². The molecule has 0 radical (unpaired) electrons. The zero-order valence-corrected chi connectivity index (χ0v) is 5.07. The Morgan fingerprint density at radius 1 is 1.90 bits per heavy atom. The second kappa shape index (κ2) is 3.03. The van der Waals surface area contributed by atoms with E-state index in [1.54, 1.807) is 0 Å². The summed E-state index contributed by atoms with van der Waals surface area (Å²) in [7, 11) is 0. The third-order valence-electron chi connectivity index (χ3n) is 0.966. The Hall–Kier alpha value is -1.29. The molecule has 1 aliphatic rings. The van der Waals surface area contributed by atoms with Gasteiger partial charge in [-0.05, 0) is 10.6 Å². The van der Waals surface area contributed by atoms with Gasteiger partial charge in [-0.3, -0.25) is 0 Å². The summed E-state index contributed by atoms with van der Waals surface area (Å²) < 4.78 is 17.1. The molecule has 1 atom stereocenters. The number of aliphatic imine (C=N–C) groups is 1. The van der Waals surface area contributed by atoms with Crippen molar-refractivity contribution in [3.63, 3.8) is 0 Å². The van der Waals surface area contributed by atoms with Crippen molar-refractivity contribution in [3.05, 3.63) is 10.4 Å². The van der Waals surface area contributed by atoms with Crippen LogP contribution in [0.5, 0.6) is 0 Å². The first-order valence-corrected chi connectivity index (χ1v) is 2.70. The predicted octanol–water partition coefficient (Wildman–Crippen LogP) is 1.02. The van der Waals surface area contributed by atoms with E-state index < -0.39 is 6.30 Å². The summed E-state index contributed by atoms with van der Waals surface area (Å²) in [6.45, 7) is 0.813. The van der Waals surface area contributed by atoms with E-state index in [-0.39, 0.29) is 5.90 Å². The highest BCUT2D eigenvalue weighted by molar-refractivity contribution is 5.81. The molecule has 1 unspecified atom stereocenters. The summed E-state index contributed by atoms with van der Waals surface area (Å²) in [5, 5.41) is 2.76. The summed E-state index contributed by atoms with van der Waals surface area (Å²) in [6, 6.07) is 0. The number of hydrogen-bond acceptors (Lipinski definition) is 3. The van der Waals surface area contributed by atoms with Crippen LogP contribution in [0.4, 0.5) is 4.39 Å². The molecule has 0 amide bonds. The van der Waals surface area contributed by atoms with Crippen LogP contribution in [-0.2, 0) is 4.74 Å². The van der Waals surface area contributed by atoms with Gasteiger partial charge >= 0.3 is 0 Å². The monoisotopic (exact) mass is 144 g/mol. The van der Waals surface area contributed by atoms with Gasteiger partial charge < -0.3 is 4.74 Å². The molecule has 54 valence electrons. The first-order valence-electron chi connectivity index (χ1n) is 2.70. The molecule has 5 nitrogen and oxygen atoms in total. The highest BCUT2D eigenvalue weighted by Gasteiger charge is 2.17. The number of hydrogen-bond donors (Lipinski definition) is 0. The van der Waals surface area contributed by atoms with Gasteiger partial charge in [0.1, 0.15) is 6.61 Å². The number of azide groups is 1. The minimum Gasteiger partial charge on any atom is -0.477 e. The van der Waals surface area contributed by atoms with E-state index >= 15 is 0 Å². The second-order valence-corrected chi connectivity index (χ2v) is 1.61. The molecule has 0 aromatic rings. The molecular weight excluding hydrogens is 139 g/mol. The number of alkyl halides is 1. The molecule has 0 N–H and O–H groups in total. The predicted molar refractivity (Wildman–Crippen MR) is 32.3 cm³/mol. The van der Waals surface area contributed by atoms with E-state index in [1.807, 2.05) is 0 Å². The van der Waals surface area contributed by atoms with Crippen molar-refractivity contribution in [1.29, 1.82) is 0 Å². The van der Waals surface area contributed by atoms with Gasteiger partial charge in [0.15, 0.2) is 0 Å². The Balaban J connectivity index is 2.55. The number of halogens is 1. The lowest BCUT2D eigenvalue weighted by atomic mass is 10.6. The van der Waals surface area contributed by atoms with Crippen molar-refractivity contribution in [2.75, 3.05) is 13.2 Å². The molecule has 0 aromatic heterocycles. The van der Waals surface area contributed by atoms with Crippen molar-refractivity contribution < 1.29 is 9.13 Å². The fourth-order valence-electron chi connectivity index (χ4n) is 0.591. The van der Waals surface area contributed by atoms with Gasteiger partial charge in [0.25, 0.3) is 6.30 Å². The third kappa shape index (κ3) is 1.35. The zero-order valence-electron chi connectivity index (χ0n) is 5.07. The second-order valence-electron chi connectivity index (χ2n) is 1.61. The summed E-state index contributed by atoms with van der Waals surface area (Å²) in [5.41, 5.74) is 7.80. The molecular formula is C4H5FN4O. The largest absolute Gasteiger partial charge is 0.477 e. The molecule has 0 aliphatic carbocycles. The quantitative estimate of drug-likeness (QED) is 0.247. The van der Waals surface area contributed by atoms with E-state index in [4.69, 9.17) is 5.53 Å². The zero-order chi connectivity index (χ0) is 7.40. The normalized spacial score (nSPS) is 18.7. The molecule has 6 heteroatoms. The number of ether oxygens (including phenoxy) is 1. The van der Waals surface area contributed by atoms with Gasteiger partial charge in [-0.15, -0.1) is 0 Å². The van der Waals surface area contributed by atoms with Crippen LogP contribution in [0.15, 0.2) is 10.1 Å². The molecule has 1 aliphatic heterocycles. The summed E-state index contributed by atoms with van der Waals surface area (Å²) in [4.78, 5) is 5.88. The molecule has 10 heavy (non-hydrogen) atoms. The number of rotatable bonds is 2. The Bertz CT molecular complexity index is 197. The molecule has 0 bridgehead atoms. The third-order valence-corrected chi connectivity index (χ3v) is 0.966. The van der Waals surface area contributed by atoms with Crippen LogP contribution in [0.1, 0.15) is 0 Å². The Labute approximate surface area is 56.1 Å². The topological polar surface area (TPSA) is 70.4 Å². The van der Waals surface area contributed by atoms with Crippen LogP contribution >= 0.6 is 0 Å². The number of nitrogens with zero attached hydrogens (tertiary/aromatic N) is 4. The average molecular weight is 144 g/mol. The maximum absolute atomic E-state index is 12.4. The van der Waals surface area contributed by atoms with Crippen LogP contribution < -0.4 is 0 Å². The minimum atomic E-state index is -1.76. The molecule has 0 spiro atoms. The van der Waals surface area contributed by atoms with Gasteiger partial charge in [0.05, 0.1) is 6.54 Å². The Kier molecular flexibility index (Phi) is 2.07. The molecule has 1 heterocycles. The maximum Gasteiger partial charge on any atom is 0.253 e. The average Bonchev–Trinajstić information content (AvgIpc) is 2.38. The summed E-state index contributed by atoms with van der Waals surface area (Å²) in [6.07, 6.45) is -1.76. The van der Waals surface area contributed by atoms with Crippen molar-refractivity contribution in [3.8, 4) is 0 Å². The minimum absolute atomic E-state index is 0.113. The Morgan fingerprint density at radius 3 is 3.20 bits per heavy atom. The summed E-state index contributed by atoms with van der Waals surface area (Å²) in [5.74, 6) is -0.113. The van der Waals surface area contributed by atoms with Gasteiger partial charge in [-0.25, -0.2) is 9.38 Å². The molecule has 0 saturated heterocycles. The maximum atomic E-state index is 12.4. The van der Waals surface area contributed by atoms with Crippen LogP contribution in [0.3, 0.4) is 0 Å². The Morgan fingerprint density at radius 2 is 2.70 bits per heavy atom. The van der Waals surface area contributed by atoms with E-state index in [9.17, 15) is 4.39 Å². The smallest absolute Gasteiger partial charge is 0.253 e. The first-order chi connectivity index (χ1) is 4.84. The van der Waals surface area contributed by atoms with Gasteiger partial charge in [0.2, 0.25) is 5.90 Å². The van der Waals surface area contributed by atoms with E-state index in [2.05, 4.69) is 19.8 Å². The molecule has 0 saturated carbocycles. The molecule has 1 rings (SSSR count). The van der Waals surface area contributed by atoms with Crippen LogP contribution in [0.25, 0.3) is 10.4 Å². The van der Waals surface area contributed by atoms with Gasteiger partial charge in [0, 0.05) is 4.91 Å². The van der Waals surface area contributed by atoms with E-state index in [0.717, 1.165) is 0 Å². The SMILES string of the molecule is [N-]=[N+]=NC(F)C1=NCCO1. The van der Waals surface area contributed by atoms with E-state index in [1.165, 1.54) is 0 Å². The fourth-order valence-corrected chi connectivity index (χ4v) is 0.591. The van der Waals surface area contributed by atoms with Crippen LogP contribution in [0.2, 0.25) is 0 Å². The molecule has 0 aromatic carbocycles. The highest BCUT2D eigenvalue weighted by atomic mass is 19.1. The summed E-state index contributed by atoms with van der Waals surface area (Å²) >= 11 is 0. The standard InChI is InChI=1S/C4H5FN4O/c5-3(8-9-6)4-7-1-2-10-4/h3H,1-2H2. The fraction of sp³-hybridized carbons (Fsp3) is 0.750. The van der Waals surface area contributed by atoms with Gasteiger partial charge in [-0.2, -0.15) is 0 Å². The highest BCUT2D eigenvalue weighted by Crippen LogP contribution is 2.04. The molecule has 0 fully saturated rings.